The van der Waals surface area contributed by atoms with Gasteiger partial charge in [0.2, 0.25) is 0 Å². The summed E-state index contributed by atoms with van der Waals surface area (Å²) in [4.78, 5) is 14.6. The molecule has 3 rings (SSSR count). The zero-order valence-electron chi connectivity index (χ0n) is 13.1. The van der Waals surface area contributed by atoms with Gasteiger partial charge >= 0.3 is 0 Å². The van der Waals surface area contributed by atoms with E-state index < -0.39 is 0 Å². The summed E-state index contributed by atoms with van der Waals surface area (Å²) >= 11 is 0. The summed E-state index contributed by atoms with van der Waals surface area (Å²) in [7, 11) is 0. The fourth-order valence-corrected chi connectivity index (χ4v) is 2.89. The Kier molecular flexibility index (Phi) is 4.77. The van der Waals surface area contributed by atoms with Gasteiger partial charge < -0.3 is 10.0 Å². The van der Waals surface area contributed by atoms with Gasteiger partial charge in [0, 0.05) is 24.3 Å². The van der Waals surface area contributed by atoms with Crippen LogP contribution < -0.4 is 4.90 Å². The first-order chi connectivity index (χ1) is 11.2. The molecule has 0 bridgehead atoms. The summed E-state index contributed by atoms with van der Waals surface area (Å²) in [5.41, 5.74) is 2.68. The summed E-state index contributed by atoms with van der Waals surface area (Å²) in [6.07, 6.45) is 7.07. The minimum absolute atomic E-state index is 0.0291. The molecule has 1 saturated heterocycles. The van der Waals surface area contributed by atoms with Crippen molar-refractivity contribution in [2.24, 2.45) is 0 Å². The number of hydrogen-bond donors (Lipinski definition) is 1. The van der Waals surface area contributed by atoms with Crippen molar-refractivity contribution in [2.75, 3.05) is 18.0 Å². The molecule has 0 unspecified atom stereocenters. The van der Waals surface area contributed by atoms with Crippen molar-refractivity contribution in [1.29, 1.82) is 0 Å². The number of hydrogen-bond acceptors (Lipinski definition) is 3. The highest BCUT2D eigenvalue weighted by molar-refractivity contribution is 6.07. The molecule has 1 aliphatic heterocycles. The van der Waals surface area contributed by atoms with Crippen molar-refractivity contribution in [3.05, 3.63) is 65.7 Å². The van der Waals surface area contributed by atoms with Crippen LogP contribution in [0.15, 0.2) is 54.6 Å². The average Bonchev–Trinajstić information content (AvgIpc) is 2.61. The highest BCUT2D eigenvalue weighted by atomic mass is 16.3. The highest BCUT2D eigenvalue weighted by Crippen LogP contribution is 2.20. The summed E-state index contributed by atoms with van der Waals surface area (Å²) in [5, 5.41) is 9.43. The molecule has 0 aliphatic carbocycles. The predicted octanol–water partition coefficient (Wildman–Crippen LogP) is 4.28. The number of rotatable bonds is 4. The monoisotopic (exact) mass is 307 g/mol. The number of anilines is 1. The van der Waals surface area contributed by atoms with Gasteiger partial charge in [0.15, 0.2) is 5.78 Å². The van der Waals surface area contributed by atoms with E-state index in [9.17, 15) is 9.90 Å². The molecular formula is C20H21NO2. The van der Waals surface area contributed by atoms with Crippen LogP contribution in [0.4, 0.5) is 5.69 Å². The van der Waals surface area contributed by atoms with Gasteiger partial charge in [-0.3, -0.25) is 4.79 Å². The number of phenolic OH excluding ortho intramolecular Hbond substituents is 1. The number of ketones is 1. The second-order valence-corrected chi connectivity index (χ2v) is 5.89. The molecule has 0 spiro atoms. The lowest BCUT2D eigenvalue weighted by Gasteiger charge is -2.28. The van der Waals surface area contributed by atoms with Crippen LogP contribution in [-0.4, -0.2) is 24.0 Å². The minimum atomic E-state index is -0.0291. The second kappa shape index (κ2) is 7.14. The molecule has 1 fully saturated rings. The van der Waals surface area contributed by atoms with Crippen LogP contribution in [0.2, 0.25) is 0 Å². The third-order valence-electron chi connectivity index (χ3n) is 4.17. The normalized spacial score (nSPS) is 15.0. The number of carbonyl (C=O) groups is 1. The van der Waals surface area contributed by atoms with Gasteiger partial charge in [-0.15, -0.1) is 0 Å². The lowest BCUT2D eigenvalue weighted by Crippen LogP contribution is -2.29. The Labute approximate surface area is 136 Å². The van der Waals surface area contributed by atoms with Crippen molar-refractivity contribution >= 4 is 17.5 Å². The van der Waals surface area contributed by atoms with E-state index in [1.54, 1.807) is 30.4 Å². The molecular weight excluding hydrogens is 286 g/mol. The van der Waals surface area contributed by atoms with Crippen LogP contribution in [0, 0.1) is 0 Å². The van der Waals surface area contributed by atoms with Crippen LogP contribution in [0.1, 0.15) is 35.2 Å². The smallest absolute Gasteiger partial charge is 0.185 e. The Morgan fingerprint density at radius 3 is 2.43 bits per heavy atom. The lowest BCUT2D eigenvalue weighted by molar-refractivity contribution is 0.104. The number of piperidine rings is 1. The molecule has 1 aliphatic rings. The quantitative estimate of drug-likeness (QED) is 0.677. The van der Waals surface area contributed by atoms with E-state index in [4.69, 9.17) is 0 Å². The molecule has 23 heavy (non-hydrogen) atoms. The average molecular weight is 307 g/mol. The van der Waals surface area contributed by atoms with E-state index in [1.165, 1.54) is 24.9 Å². The number of aromatic hydroxyl groups is 1. The number of benzene rings is 2. The SMILES string of the molecule is O=C(/C=C/c1cccc(O)c1)c1ccc(N2CCCCC2)cc1. The lowest BCUT2D eigenvalue weighted by atomic mass is 10.1. The van der Waals surface area contributed by atoms with Crippen LogP contribution in [0.5, 0.6) is 5.75 Å². The van der Waals surface area contributed by atoms with Crippen LogP contribution >= 0.6 is 0 Å². The molecule has 0 saturated carbocycles. The maximum atomic E-state index is 12.2. The third-order valence-corrected chi connectivity index (χ3v) is 4.17. The van der Waals surface area contributed by atoms with Crippen molar-refractivity contribution in [3.8, 4) is 5.75 Å². The standard InChI is InChI=1S/C20H21NO2/c22-19-6-4-5-16(15-19)7-12-20(23)17-8-10-18(11-9-17)21-13-2-1-3-14-21/h4-12,15,22H,1-3,13-14H2/b12-7+. The first-order valence-corrected chi connectivity index (χ1v) is 8.09. The number of carbonyl (C=O) groups excluding carboxylic acids is 1. The Hall–Kier alpha value is -2.55. The molecule has 2 aromatic rings. The first-order valence-electron chi connectivity index (χ1n) is 8.09. The highest BCUT2D eigenvalue weighted by Gasteiger charge is 2.11. The molecule has 3 nitrogen and oxygen atoms in total. The fraction of sp³-hybridized carbons (Fsp3) is 0.250. The Bertz CT molecular complexity index is 698. The van der Waals surface area contributed by atoms with E-state index in [0.717, 1.165) is 18.7 Å². The summed E-state index contributed by atoms with van der Waals surface area (Å²) in [6, 6.07) is 14.7. The Morgan fingerprint density at radius 2 is 1.74 bits per heavy atom. The van der Waals surface area contributed by atoms with E-state index in [1.807, 2.05) is 30.3 Å². The number of allylic oxidation sites excluding steroid dienone is 1. The van der Waals surface area contributed by atoms with Crippen molar-refractivity contribution < 1.29 is 9.90 Å². The fourth-order valence-electron chi connectivity index (χ4n) is 2.89. The molecule has 0 radical (unpaired) electrons. The Balaban J connectivity index is 1.67. The van der Waals surface area contributed by atoms with Crippen molar-refractivity contribution in [3.63, 3.8) is 0 Å². The zero-order chi connectivity index (χ0) is 16.1. The van der Waals surface area contributed by atoms with Gasteiger partial charge in [0.1, 0.15) is 5.75 Å². The van der Waals surface area contributed by atoms with Crippen LogP contribution in [0.3, 0.4) is 0 Å². The number of nitrogens with zero attached hydrogens (tertiary/aromatic N) is 1. The molecule has 0 atom stereocenters. The topological polar surface area (TPSA) is 40.5 Å². The molecule has 2 aromatic carbocycles. The zero-order valence-corrected chi connectivity index (χ0v) is 13.1. The molecule has 118 valence electrons. The van der Waals surface area contributed by atoms with Gasteiger partial charge in [0.25, 0.3) is 0 Å². The third kappa shape index (κ3) is 4.01. The van der Waals surface area contributed by atoms with Gasteiger partial charge in [-0.05, 0) is 67.3 Å². The van der Waals surface area contributed by atoms with E-state index in [-0.39, 0.29) is 11.5 Å². The number of phenols is 1. The van der Waals surface area contributed by atoms with Crippen molar-refractivity contribution in [1.82, 2.24) is 0 Å². The molecule has 0 amide bonds. The van der Waals surface area contributed by atoms with Crippen molar-refractivity contribution in [2.45, 2.75) is 19.3 Å². The van der Waals surface area contributed by atoms with Gasteiger partial charge in [-0.1, -0.05) is 18.2 Å². The molecule has 3 heteroatoms. The first kappa shape index (κ1) is 15.3. The minimum Gasteiger partial charge on any atom is -0.508 e. The summed E-state index contributed by atoms with van der Waals surface area (Å²) in [6.45, 7) is 2.20. The van der Waals surface area contributed by atoms with E-state index >= 15 is 0 Å². The maximum absolute atomic E-state index is 12.2. The molecule has 1 heterocycles. The Morgan fingerprint density at radius 1 is 1.00 bits per heavy atom. The second-order valence-electron chi connectivity index (χ2n) is 5.89. The maximum Gasteiger partial charge on any atom is 0.185 e. The summed E-state index contributed by atoms with van der Waals surface area (Å²) < 4.78 is 0. The van der Waals surface area contributed by atoms with Gasteiger partial charge in [-0.25, -0.2) is 0 Å². The van der Waals surface area contributed by atoms with Gasteiger partial charge in [0.05, 0.1) is 0 Å². The largest absolute Gasteiger partial charge is 0.508 e. The molecule has 1 N–H and O–H groups in total. The predicted molar refractivity (Wildman–Crippen MR) is 94.0 cm³/mol. The van der Waals surface area contributed by atoms with E-state index in [2.05, 4.69) is 4.90 Å². The van der Waals surface area contributed by atoms with Gasteiger partial charge in [-0.2, -0.15) is 0 Å². The summed E-state index contributed by atoms with van der Waals surface area (Å²) in [5.74, 6) is 0.170. The van der Waals surface area contributed by atoms with Crippen LogP contribution in [-0.2, 0) is 0 Å². The van der Waals surface area contributed by atoms with E-state index in [0.29, 0.717) is 5.56 Å². The van der Waals surface area contributed by atoms with Crippen LogP contribution in [0.25, 0.3) is 6.08 Å². The molecule has 0 aromatic heterocycles.